The van der Waals surface area contributed by atoms with Crippen molar-refractivity contribution in [1.82, 2.24) is 0 Å². The molecule has 3 rings (SSSR count). The van der Waals surface area contributed by atoms with Gasteiger partial charge in [0.05, 0.1) is 23.5 Å². The maximum atomic E-state index is 13.2. The first-order valence-corrected chi connectivity index (χ1v) is 9.57. The van der Waals surface area contributed by atoms with E-state index in [1.165, 1.54) is 14.2 Å². The van der Waals surface area contributed by atoms with Crippen LogP contribution in [0, 0.1) is 0 Å². The second-order valence-corrected chi connectivity index (χ2v) is 8.43. The van der Waals surface area contributed by atoms with Gasteiger partial charge in [-0.2, -0.15) is 0 Å². The van der Waals surface area contributed by atoms with Crippen LogP contribution >= 0.6 is 0 Å². The van der Waals surface area contributed by atoms with E-state index >= 15 is 0 Å². The summed E-state index contributed by atoms with van der Waals surface area (Å²) in [6.45, 7) is 3.01. The molecule has 1 saturated heterocycles. The van der Waals surface area contributed by atoms with E-state index in [2.05, 4.69) is 0 Å². The highest BCUT2D eigenvalue weighted by Crippen LogP contribution is 2.46. The van der Waals surface area contributed by atoms with Crippen LogP contribution in [0.2, 0.25) is 0 Å². The van der Waals surface area contributed by atoms with E-state index < -0.39 is 45.1 Å². The lowest BCUT2D eigenvalue weighted by molar-refractivity contribution is -0.449. The van der Waals surface area contributed by atoms with Crippen molar-refractivity contribution in [1.29, 1.82) is 0 Å². The van der Waals surface area contributed by atoms with Crippen molar-refractivity contribution in [3.05, 3.63) is 30.3 Å². The van der Waals surface area contributed by atoms with Gasteiger partial charge in [-0.25, -0.2) is 0 Å². The molecule has 7 nitrogen and oxygen atoms in total. The minimum Gasteiger partial charge on any atom is -0.389 e. The summed E-state index contributed by atoms with van der Waals surface area (Å²) in [6, 6.07) is 8.71. The highest BCUT2D eigenvalue weighted by atomic mass is 32.2. The standard InChI is InChI=1S/C18H24O7S/c1-16(22-3)17(2,23-4)25-18(11-24-16)14(19)10-13(15(18)20)26(21)12-8-6-5-7-9-12/h5-9,13-14,19H,10-11H2,1-4H3/t13?,14-,16-,17-,18-,26?/m0/s1. The lowest BCUT2D eigenvalue weighted by atomic mass is 9.94. The lowest BCUT2D eigenvalue weighted by Crippen LogP contribution is -2.70. The average Bonchev–Trinajstić information content (AvgIpc) is 2.90. The molecular formula is C18H24O7S. The van der Waals surface area contributed by atoms with Gasteiger partial charge in [0.25, 0.3) is 0 Å². The van der Waals surface area contributed by atoms with Gasteiger partial charge in [0.15, 0.2) is 11.4 Å². The normalized spacial score (nSPS) is 41.5. The number of carbonyl (C=O) groups is 1. The highest BCUT2D eigenvalue weighted by Gasteiger charge is 2.67. The van der Waals surface area contributed by atoms with Crippen LogP contribution in [0.4, 0.5) is 0 Å². The molecule has 1 aromatic carbocycles. The number of rotatable bonds is 4. The molecule has 1 aromatic rings. The third-order valence-corrected chi connectivity index (χ3v) is 7.12. The molecule has 0 bridgehead atoms. The number of aliphatic hydroxyl groups is 1. The van der Waals surface area contributed by atoms with Gasteiger partial charge in [-0.15, -0.1) is 0 Å². The zero-order chi connectivity index (χ0) is 19.2. The highest BCUT2D eigenvalue weighted by molar-refractivity contribution is 7.86. The number of ether oxygens (including phenoxy) is 4. The molecule has 144 valence electrons. The zero-order valence-electron chi connectivity index (χ0n) is 15.3. The van der Waals surface area contributed by atoms with E-state index in [0.717, 1.165) is 0 Å². The first kappa shape index (κ1) is 19.6. The Bertz CT molecular complexity index is 711. The molecule has 0 amide bonds. The molecule has 1 aliphatic heterocycles. The van der Waals surface area contributed by atoms with Crippen LogP contribution in [0.1, 0.15) is 20.3 Å². The summed E-state index contributed by atoms with van der Waals surface area (Å²) in [5.74, 6) is -3.14. The molecular weight excluding hydrogens is 360 g/mol. The van der Waals surface area contributed by atoms with Crippen LogP contribution in [0.3, 0.4) is 0 Å². The fourth-order valence-corrected chi connectivity index (χ4v) is 4.95. The smallest absolute Gasteiger partial charge is 0.221 e. The van der Waals surface area contributed by atoms with E-state index in [9.17, 15) is 14.1 Å². The second kappa shape index (κ2) is 6.78. The maximum absolute atomic E-state index is 13.2. The monoisotopic (exact) mass is 384 g/mol. The van der Waals surface area contributed by atoms with E-state index in [1.54, 1.807) is 44.2 Å². The van der Waals surface area contributed by atoms with Crippen LogP contribution in [0.15, 0.2) is 35.2 Å². The Morgan fingerprint density at radius 2 is 1.77 bits per heavy atom. The molecule has 1 heterocycles. The maximum Gasteiger partial charge on any atom is 0.221 e. The first-order chi connectivity index (χ1) is 12.2. The summed E-state index contributed by atoms with van der Waals surface area (Å²) in [7, 11) is 1.25. The molecule has 1 N–H and O–H groups in total. The van der Waals surface area contributed by atoms with Crippen molar-refractivity contribution in [2.24, 2.45) is 0 Å². The summed E-state index contributed by atoms with van der Waals surface area (Å²) in [4.78, 5) is 13.7. The van der Waals surface area contributed by atoms with E-state index in [0.29, 0.717) is 4.90 Å². The van der Waals surface area contributed by atoms with Crippen molar-refractivity contribution in [3.63, 3.8) is 0 Å². The van der Waals surface area contributed by atoms with Crippen LogP contribution in [-0.2, 0) is 34.5 Å². The number of hydrogen-bond donors (Lipinski definition) is 1. The SMILES string of the molecule is CO[C@@]1(C)OC[C@@]2(O[C@]1(C)OC)C(=O)C(S(=O)c1ccccc1)C[C@@H]2O. The minimum absolute atomic E-state index is 0.0210. The molecule has 1 aliphatic carbocycles. The summed E-state index contributed by atoms with van der Waals surface area (Å²) in [5, 5.41) is 9.77. The Balaban J connectivity index is 1.92. The largest absolute Gasteiger partial charge is 0.389 e. The number of hydrogen-bond acceptors (Lipinski definition) is 7. The van der Waals surface area contributed by atoms with Gasteiger partial charge in [0.2, 0.25) is 11.6 Å². The lowest BCUT2D eigenvalue weighted by Gasteiger charge is -2.52. The topological polar surface area (TPSA) is 91.3 Å². The molecule has 6 atom stereocenters. The molecule has 1 saturated carbocycles. The van der Waals surface area contributed by atoms with Crippen LogP contribution < -0.4 is 0 Å². The third-order valence-electron chi connectivity index (χ3n) is 5.46. The summed E-state index contributed by atoms with van der Waals surface area (Å²) >= 11 is 0. The van der Waals surface area contributed by atoms with Gasteiger partial charge < -0.3 is 24.1 Å². The van der Waals surface area contributed by atoms with Crippen LogP contribution in [-0.4, -0.2) is 64.5 Å². The number of ketones is 1. The fourth-order valence-electron chi connectivity index (χ4n) is 3.44. The Kier molecular flexibility index (Phi) is 5.11. The number of carbonyl (C=O) groups excluding carboxylic acids is 1. The van der Waals surface area contributed by atoms with Gasteiger partial charge in [0.1, 0.15) is 5.25 Å². The molecule has 26 heavy (non-hydrogen) atoms. The third kappa shape index (κ3) is 2.76. The number of benzene rings is 1. The van der Waals surface area contributed by atoms with Crippen molar-refractivity contribution < 1.29 is 33.1 Å². The van der Waals surface area contributed by atoms with Crippen LogP contribution in [0.5, 0.6) is 0 Å². The molecule has 0 aromatic heterocycles. The Hall–Kier alpha value is -1.16. The van der Waals surface area contributed by atoms with E-state index in [1.807, 2.05) is 0 Å². The Morgan fingerprint density at radius 3 is 2.35 bits per heavy atom. The number of Topliss-reactive ketones (excluding diaryl/α,β-unsaturated/α-hetero) is 1. The molecule has 0 radical (unpaired) electrons. The van der Waals surface area contributed by atoms with E-state index in [4.69, 9.17) is 18.9 Å². The van der Waals surface area contributed by atoms with Gasteiger partial charge in [-0.05, 0) is 32.4 Å². The number of aliphatic hydroxyl groups excluding tert-OH is 1. The van der Waals surface area contributed by atoms with Crippen molar-refractivity contribution in [3.8, 4) is 0 Å². The predicted octanol–water partition coefficient (Wildman–Crippen LogP) is 1.01. The van der Waals surface area contributed by atoms with Crippen LogP contribution in [0.25, 0.3) is 0 Å². The number of methoxy groups -OCH3 is 2. The van der Waals surface area contributed by atoms with Gasteiger partial charge in [0, 0.05) is 19.1 Å². The Labute approximate surface area is 155 Å². The summed E-state index contributed by atoms with van der Waals surface area (Å²) in [5.41, 5.74) is -1.64. The van der Waals surface area contributed by atoms with Gasteiger partial charge in [-0.3, -0.25) is 9.00 Å². The Morgan fingerprint density at radius 1 is 1.15 bits per heavy atom. The zero-order valence-corrected chi connectivity index (χ0v) is 16.1. The molecule has 2 fully saturated rings. The molecule has 8 heteroatoms. The second-order valence-electron chi connectivity index (χ2n) is 6.79. The van der Waals surface area contributed by atoms with Crippen molar-refractivity contribution >= 4 is 16.6 Å². The average molecular weight is 384 g/mol. The van der Waals surface area contributed by atoms with Gasteiger partial charge in [-0.1, -0.05) is 18.2 Å². The van der Waals surface area contributed by atoms with Crippen molar-refractivity contribution in [2.75, 3.05) is 20.8 Å². The molecule has 2 aliphatic rings. The molecule has 2 unspecified atom stereocenters. The minimum atomic E-state index is -1.64. The van der Waals surface area contributed by atoms with Crippen molar-refractivity contribution in [2.45, 2.75) is 53.7 Å². The predicted molar refractivity (Wildman–Crippen MR) is 92.9 cm³/mol. The molecule has 1 spiro atoms. The summed E-state index contributed by atoms with van der Waals surface area (Å²) in [6.07, 6.45) is -1.14. The quantitative estimate of drug-likeness (QED) is 0.828. The fraction of sp³-hybridized carbons (Fsp3) is 0.611. The first-order valence-electron chi connectivity index (χ1n) is 8.35. The van der Waals surface area contributed by atoms with Gasteiger partial charge >= 0.3 is 0 Å². The summed E-state index contributed by atoms with van der Waals surface area (Å²) < 4.78 is 35.5. The van der Waals surface area contributed by atoms with E-state index in [-0.39, 0.29) is 13.0 Å².